The fraction of sp³-hybridized carbons (Fsp3) is 1.00. The van der Waals surface area contributed by atoms with Crippen LogP contribution in [-0.4, -0.2) is 50.5 Å². The number of sulfone groups is 1. The lowest BCUT2D eigenvalue weighted by atomic mass is 10.0. The van der Waals surface area contributed by atoms with Crippen LogP contribution in [0, 0.1) is 0 Å². The molecule has 1 rings (SSSR count). The highest BCUT2D eigenvalue weighted by atomic mass is 32.2. The van der Waals surface area contributed by atoms with Crippen molar-refractivity contribution in [3.63, 3.8) is 0 Å². The highest BCUT2D eigenvalue weighted by molar-refractivity contribution is 7.92. The third-order valence-electron chi connectivity index (χ3n) is 3.84. The van der Waals surface area contributed by atoms with Crippen LogP contribution in [0.1, 0.15) is 39.0 Å². The SMILES string of the molecule is CC(CCN)S(=O)(=O)CCC1CCCCN1C. The van der Waals surface area contributed by atoms with Crippen molar-refractivity contribution in [2.75, 3.05) is 25.9 Å². The Hall–Kier alpha value is -0.130. The van der Waals surface area contributed by atoms with Crippen LogP contribution in [0.15, 0.2) is 0 Å². The Balaban J connectivity index is 2.43. The van der Waals surface area contributed by atoms with Gasteiger partial charge in [-0.3, -0.25) is 0 Å². The van der Waals surface area contributed by atoms with Crippen molar-refractivity contribution in [2.24, 2.45) is 5.73 Å². The molecule has 0 bridgehead atoms. The van der Waals surface area contributed by atoms with Gasteiger partial charge < -0.3 is 10.6 Å². The molecule has 1 heterocycles. The summed E-state index contributed by atoms with van der Waals surface area (Å²) >= 11 is 0. The number of piperidine rings is 1. The highest BCUT2D eigenvalue weighted by Gasteiger charge is 2.24. The van der Waals surface area contributed by atoms with Gasteiger partial charge in [0.05, 0.1) is 11.0 Å². The van der Waals surface area contributed by atoms with Crippen molar-refractivity contribution in [1.82, 2.24) is 4.90 Å². The van der Waals surface area contributed by atoms with Gasteiger partial charge in [-0.05, 0) is 52.7 Å². The summed E-state index contributed by atoms with van der Waals surface area (Å²) in [5, 5.41) is -0.290. The molecule has 0 spiro atoms. The molecule has 1 fully saturated rings. The van der Waals surface area contributed by atoms with E-state index < -0.39 is 9.84 Å². The molecule has 0 aromatic rings. The molecule has 2 N–H and O–H groups in total. The molecule has 4 nitrogen and oxygen atoms in total. The Morgan fingerprint density at radius 2 is 2.12 bits per heavy atom. The van der Waals surface area contributed by atoms with Gasteiger partial charge in [-0.1, -0.05) is 6.42 Å². The molecule has 0 radical (unpaired) electrons. The first-order valence-electron chi connectivity index (χ1n) is 6.59. The molecule has 5 heteroatoms. The third-order valence-corrected chi connectivity index (χ3v) is 6.11. The summed E-state index contributed by atoms with van der Waals surface area (Å²) in [6.07, 6.45) is 4.95. The lowest BCUT2D eigenvalue weighted by Gasteiger charge is -2.32. The first-order chi connectivity index (χ1) is 7.97. The molecule has 1 saturated heterocycles. The van der Waals surface area contributed by atoms with Crippen LogP contribution in [0.3, 0.4) is 0 Å². The van der Waals surface area contributed by atoms with Crippen LogP contribution in [0.4, 0.5) is 0 Å². The Bertz CT molecular complexity index is 316. The van der Waals surface area contributed by atoms with Gasteiger partial charge in [-0.15, -0.1) is 0 Å². The van der Waals surface area contributed by atoms with Crippen molar-refractivity contribution in [3.05, 3.63) is 0 Å². The van der Waals surface area contributed by atoms with Gasteiger partial charge in [0.1, 0.15) is 0 Å². The molecule has 1 aliphatic rings. The second-order valence-electron chi connectivity index (χ2n) is 5.17. The quantitative estimate of drug-likeness (QED) is 0.776. The standard InChI is InChI=1S/C12H26N2O2S/c1-11(6-8-13)17(15,16)10-7-12-5-3-4-9-14(12)2/h11-12H,3-10,13H2,1-2H3. The lowest BCUT2D eigenvalue weighted by molar-refractivity contribution is 0.181. The number of hydrogen-bond acceptors (Lipinski definition) is 4. The lowest BCUT2D eigenvalue weighted by Crippen LogP contribution is -2.38. The number of nitrogens with two attached hydrogens (primary N) is 1. The zero-order chi connectivity index (χ0) is 12.9. The monoisotopic (exact) mass is 262 g/mol. The molecule has 17 heavy (non-hydrogen) atoms. The second-order valence-corrected chi connectivity index (χ2v) is 7.71. The zero-order valence-corrected chi connectivity index (χ0v) is 11.9. The van der Waals surface area contributed by atoms with Gasteiger partial charge in [-0.25, -0.2) is 8.42 Å². The van der Waals surface area contributed by atoms with Gasteiger partial charge in [0.2, 0.25) is 0 Å². The van der Waals surface area contributed by atoms with Gasteiger partial charge in [0.15, 0.2) is 9.84 Å². The minimum Gasteiger partial charge on any atom is -0.330 e. The Kier molecular flexibility index (Phi) is 5.89. The fourth-order valence-electron chi connectivity index (χ4n) is 2.42. The Morgan fingerprint density at radius 1 is 1.41 bits per heavy atom. The predicted molar refractivity (Wildman–Crippen MR) is 71.8 cm³/mol. The average molecular weight is 262 g/mol. The molecule has 0 aromatic heterocycles. The molecule has 2 unspecified atom stereocenters. The predicted octanol–water partition coefficient (Wildman–Crippen LogP) is 1.01. The van der Waals surface area contributed by atoms with E-state index in [-0.39, 0.29) is 5.25 Å². The largest absolute Gasteiger partial charge is 0.330 e. The van der Waals surface area contributed by atoms with Crippen LogP contribution in [-0.2, 0) is 9.84 Å². The Labute approximate surface area is 105 Å². The first kappa shape index (κ1) is 14.9. The molecule has 102 valence electrons. The van der Waals surface area contributed by atoms with Crippen LogP contribution in [0.5, 0.6) is 0 Å². The van der Waals surface area contributed by atoms with E-state index in [2.05, 4.69) is 11.9 Å². The second kappa shape index (κ2) is 6.71. The minimum absolute atomic E-state index is 0.290. The van der Waals surface area contributed by atoms with Gasteiger partial charge >= 0.3 is 0 Å². The highest BCUT2D eigenvalue weighted by Crippen LogP contribution is 2.19. The maximum absolute atomic E-state index is 12.0. The van der Waals surface area contributed by atoms with Crippen LogP contribution >= 0.6 is 0 Å². The molecule has 0 amide bonds. The summed E-state index contributed by atoms with van der Waals surface area (Å²) in [6.45, 7) is 3.32. The smallest absolute Gasteiger partial charge is 0.153 e. The van der Waals surface area contributed by atoms with Crippen molar-refractivity contribution in [1.29, 1.82) is 0 Å². The first-order valence-corrected chi connectivity index (χ1v) is 8.31. The van der Waals surface area contributed by atoms with E-state index in [9.17, 15) is 8.42 Å². The van der Waals surface area contributed by atoms with Crippen LogP contribution < -0.4 is 5.73 Å². The molecular formula is C12H26N2O2S. The third kappa shape index (κ3) is 4.56. The molecule has 0 saturated carbocycles. The number of nitrogens with zero attached hydrogens (tertiary/aromatic N) is 1. The number of rotatable bonds is 6. The van der Waals surface area contributed by atoms with E-state index in [0.717, 1.165) is 19.4 Å². The minimum atomic E-state index is -2.95. The fourth-order valence-corrected chi connectivity index (χ4v) is 3.92. The average Bonchev–Trinajstić information content (AvgIpc) is 2.28. The molecule has 0 aliphatic carbocycles. The summed E-state index contributed by atoms with van der Waals surface area (Å²) in [5.41, 5.74) is 5.41. The zero-order valence-electron chi connectivity index (χ0n) is 11.1. The van der Waals surface area contributed by atoms with E-state index in [4.69, 9.17) is 5.73 Å². The van der Waals surface area contributed by atoms with Crippen LogP contribution in [0.2, 0.25) is 0 Å². The summed E-state index contributed by atoms with van der Waals surface area (Å²) in [7, 11) is -0.855. The van der Waals surface area contributed by atoms with Crippen molar-refractivity contribution >= 4 is 9.84 Å². The van der Waals surface area contributed by atoms with E-state index >= 15 is 0 Å². The van der Waals surface area contributed by atoms with Gasteiger partial charge in [0.25, 0.3) is 0 Å². The maximum Gasteiger partial charge on any atom is 0.153 e. The van der Waals surface area contributed by atoms with E-state index in [1.165, 1.54) is 12.8 Å². The van der Waals surface area contributed by atoms with Gasteiger partial charge in [-0.2, -0.15) is 0 Å². The summed E-state index contributed by atoms with van der Waals surface area (Å²) < 4.78 is 24.0. The van der Waals surface area contributed by atoms with E-state index in [1.54, 1.807) is 6.92 Å². The number of likely N-dealkylation sites (tertiary alicyclic amines) is 1. The van der Waals surface area contributed by atoms with Crippen LogP contribution in [0.25, 0.3) is 0 Å². The number of hydrogen-bond donors (Lipinski definition) is 1. The summed E-state index contributed by atoms with van der Waals surface area (Å²) in [6, 6.07) is 0.448. The van der Waals surface area contributed by atoms with Crippen molar-refractivity contribution in [3.8, 4) is 0 Å². The Morgan fingerprint density at radius 3 is 2.71 bits per heavy atom. The normalized spacial score (nSPS) is 24.8. The summed E-state index contributed by atoms with van der Waals surface area (Å²) in [5.74, 6) is 0.309. The van der Waals surface area contributed by atoms with E-state index in [1.807, 2.05) is 0 Å². The van der Waals surface area contributed by atoms with Crippen molar-refractivity contribution in [2.45, 2.75) is 50.3 Å². The molecular weight excluding hydrogens is 236 g/mol. The molecule has 1 aliphatic heterocycles. The summed E-state index contributed by atoms with van der Waals surface area (Å²) in [4.78, 5) is 2.30. The van der Waals surface area contributed by atoms with Gasteiger partial charge in [0, 0.05) is 6.04 Å². The van der Waals surface area contributed by atoms with E-state index in [0.29, 0.717) is 24.8 Å². The molecule has 0 aromatic carbocycles. The maximum atomic E-state index is 12.0. The van der Waals surface area contributed by atoms with Crippen molar-refractivity contribution < 1.29 is 8.42 Å². The topological polar surface area (TPSA) is 63.4 Å². The molecule has 2 atom stereocenters.